The predicted octanol–water partition coefficient (Wildman–Crippen LogP) is 7.09. The van der Waals surface area contributed by atoms with Gasteiger partial charge in [-0.2, -0.15) is 0 Å². The van der Waals surface area contributed by atoms with Gasteiger partial charge in [-0.05, 0) is 43.9 Å². The molecule has 20 heavy (non-hydrogen) atoms. The van der Waals surface area contributed by atoms with Crippen molar-refractivity contribution in [2.75, 3.05) is 0 Å². The van der Waals surface area contributed by atoms with Crippen molar-refractivity contribution in [1.82, 2.24) is 0 Å². The minimum Gasteiger partial charge on any atom is -0.106 e. The highest BCUT2D eigenvalue weighted by atomic mass is 14.3. The third kappa shape index (κ3) is 7.72. The highest BCUT2D eigenvalue weighted by Crippen LogP contribution is 2.39. The van der Waals surface area contributed by atoms with Crippen molar-refractivity contribution in [1.29, 1.82) is 0 Å². The molecule has 0 aromatic heterocycles. The molecular formula is C20H36. The molecule has 0 spiro atoms. The molecule has 0 saturated heterocycles. The van der Waals surface area contributed by atoms with Crippen LogP contribution < -0.4 is 0 Å². The SMILES string of the molecule is C=C.C=C1CCC(/C=C/CCCCCCC)[C@H]1CCC. The Bertz CT molecular complexity index is 261. The summed E-state index contributed by atoms with van der Waals surface area (Å²) in [5, 5.41) is 0. The Labute approximate surface area is 128 Å². The fourth-order valence-electron chi connectivity index (χ4n) is 3.14. The normalized spacial score (nSPS) is 22.0. The molecule has 1 fully saturated rings. The molecule has 0 N–H and O–H groups in total. The van der Waals surface area contributed by atoms with Crippen molar-refractivity contribution in [3.8, 4) is 0 Å². The molecule has 0 aliphatic heterocycles. The predicted molar refractivity (Wildman–Crippen MR) is 94.0 cm³/mol. The Morgan fingerprint density at radius 1 is 1.05 bits per heavy atom. The number of unbranched alkanes of at least 4 members (excludes halogenated alkanes) is 5. The third-order valence-electron chi connectivity index (χ3n) is 4.30. The maximum absolute atomic E-state index is 4.25. The van der Waals surface area contributed by atoms with E-state index >= 15 is 0 Å². The zero-order valence-corrected chi connectivity index (χ0v) is 14.0. The van der Waals surface area contributed by atoms with Crippen LogP contribution in [-0.2, 0) is 0 Å². The number of hydrogen-bond donors (Lipinski definition) is 0. The van der Waals surface area contributed by atoms with E-state index in [0.29, 0.717) is 0 Å². The van der Waals surface area contributed by atoms with E-state index in [0.717, 1.165) is 11.8 Å². The summed E-state index contributed by atoms with van der Waals surface area (Å²) in [7, 11) is 0. The lowest BCUT2D eigenvalue weighted by Gasteiger charge is -2.16. The largest absolute Gasteiger partial charge is 0.106 e. The summed E-state index contributed by atoms with van der Waals surface area (Å²) in [6, 6.07) is 0. The van der Waals surface area contributed by atoms with E-state index in [9.17, 15) is 0 Å². The van der Waals surface area contributed by atoms with E-state index in [1.165, 1.54) is 69.8 Å². The second kappa shape index (κ2) is 13.2. The summed E-state index contributed by atoms with van der Waals surface area (Å²) in [6.45, 7) is 14.8. The number of hydrogen-bond acceptors (Lipinski definition) is 0. The quantitative estimate of drug-likeness (QED) is 0.311. The van der Waals surface area contributed by atoms with Gasteiger partial charge in [0.15, 0.2) is 0 Å². The Morgan fingerprint density at radius 2 is 1.75 bits per heavy atom. The van der Waals surface area contributed by atoms with Crippen LogP contribution >= 0.6 is 0 Å². The van der Waals surface area contributed by atoms with Crippen molar-refractivity contribution < 1.29 is 0 Å². The van der Waals surface area contributed by atoms with Crippen molar-refractivity contribution in [2.24, 2.45) is 11.8 Å². The van der Waals surface area contributed by atoms with Gasteiger partial charge >= 0.3 is 0 Å². The first-order valence-corrected chi connectivity index (χ1v) is 8.63. The minimum absolute atomic E-state index is 0.784. The molecule has 0 bridgehead atoms. The van der Waals surface area contributed by atoms with E-state index in [1.54, 1.807) is 0 Å². The number of allylic oxidation sites excluding steroid dienone is 3. The Balaban J connectivity index is 0.00000172. The molecule has 2 atom stereocenters. The van der Waals surface area contributed by atoms with Crippen LogP contribution in [0.3, 0.4) is 0 Å². The lowest BCUT2D eigenvalue weighted by Crippen LogP contribution is -2.05. The van der Waals surface area contributed by atoms with Crippen LogP contribution in [0.25, 0.3) is 0 Å². The van der Waals surface area contributed by atoms with E-state index in [4.69, 9.17) is 0 Å². The molecule has 1 aliphatic rings. The van der Waals surface area contributed by atoms with Gasteiger partial charge in [0.05, 0.1) is 0 Å². The van der Waals surface area contributed by atoms with E-state index in [-0.39, 0.29) is 0 Å². The Morgan fingerprint density at radius 3 is 2.40 bits per heavy atom. The second-order valence-corrected chi connectivity index (χ2v) is 5.89. The smallest absolute Gasteiger partial charge is 0.0143 e. The van der Waals surface area contributed by atoms with Gasteiger partial charge in [-0.3, -0.25) is 0 Å². The third-order valence-corrected chi connectivity index (χ3v) is 4.30. The molecule has 0 heterocycles. The van der Waals surface area contributed by atoms with Gasteiger partial charge in [0, 0.05) is 0 Å². The van der Waals surface area contributed by atoms with Gasteiger partial charge in [-0.1, -0.05) is 70.3 Å². The van der Waals surface area contributed by atoms with Crippen LogP contribution in [0.2, 0.25) is 0 Å². The average Bonchev–Trinajstić information content (AvgIpc) is 2.82. The highest BCUT2D eigenvalue weighted by Gasteiger charge is 2.27. The van der Waals surface area contributed by atoms with Gasteiger partial charge in [0.25, 0.3) is 0 Å². The number of rotatable bonds is 9. The van der Waals surface area contributed by atoms with Crippen LogP contribution in [0.4, 0.5) is 0 Å². The first-order chi connectivity index (χ1) is 9.79. The van der Waals surface area contributed by atoms with Gasteiger partial charge < -0.3 is 0 Å². The maximum atomic E-state index is 4.25. The van der Waals surface area contributed by atoms with Gasteiger partial charge in [-0.15, -0.1) is 13.2 Å². The summed E-state index contributed by atoms with van der Waals surface area (Å²) < 4.78 is 0. The first kappa shape index (κ1) is 19.2. The van der Waals surface area contributed by atoms with Crippen LogP contribution in [0.1, 0.15) is 78.1 Å². The molecule has 0 heteroatoms. The van der Waals surface area contributed by atoms with Gasteiger partial charge in [-0.25, -0.2) is 0 Å². The summed E-state index contributed by atoms with van der Waals surface area (Å²) in [5.41, 5.74) is 1.51. The second-order valence-electron chi connectivity index (χ2n) is 5.89. The van der Waals surface area contributed by atoms with E-state index < -0.39 is 0 Å². The standard InChI is InChI=1S/C18H32.C2H4/c1-4-6-7-8-9-10-11-13-17-15-14-16(3)18(17)12-5-2;1-2/h11,13,17-18H,3-10,12,14-15H2,1-2H3;1-2H2/b13-11+;/t17?,18-;/m0./s1. The zero-order chi connectivity index (χ0) is 15.2. The molecule has 1 aliphatic carbocycles. The highest BCUT2D eigenvalue weighted by molar-refractivity contribution is 5.13. The molecule has 1 saturated carbocycles. The first-order valence-electron chi connectivity index (χ1n) is 8.63. The molecule has 1 rings (SSSR count). The minimum atomic E-state index is 0.784. The topological polar surface area (TPSA) is 0 Å². The van der Waals surface area contributed by atoms with Gasteiger partial charge in [0.2, 0.25) is 0 Å². The molecule has 0 aromatic carbocycles. The molecule has 0 aromatic rings. The van der Waals surface area contributed by atoms with E-state index in [1.807, 2.05) is 0 Å². The average molecular weight is 277 g/mol. The lowest BCUT2D eigenvalue weighted by atomic mass is 9.89. The Hall–Kier alpha value is -0.780. The monoisotopic (exact) mass is 276 g/mol. The fraction of sp³-hybridized carbons (Fsp3) is 0.700. The maximum Gasteiger partial charge on any atom is -0.0143 e. The van der Waals surface area contributed by atoms with Crippen molar-refractivity contribution >= 4 is 0 Å². The van der Waals surface area contributed by atoms with Gasteiger partial charge in [0.1, 0.15) is 0 Å². The van der Waals surface area contributed by atoms with Crippen molar-refractivity contribution in [3.05, 3.63) is 37.5 Å². The summed E-state index contributed by atoms with van der Waals surface area (Å²) >= 11 is 0. The van der Waals surface area contributed by atoms with Crippen molar-refractivity contribution in [3.63, 3.8) is 0 Å². The molecule has 0 radical (unpaired) electrons. The molecular weight excluding hydrogens is 240 g/mol. The van der Waals surface area contributed by atoms with Crippen LogP contribution in [0, 0.1) is 11.8 Å². The molecule has 0 nitrogen and oxygen atoms in total. The molecule has 1 unspecified atom stereocenters. The van der Waals surface area contributed by atoms with Crippen LogP contribution in [-0.4, -0.2) is 0 Å². The lowest BCUT2D eigenvalue weighted by molar-refractivity contribution is 0.467. The molecule has 116 valence electrons. The summed E-state index contributed by atoms with van der Waals surface area (Å²) in [5.74, 6) is 1.58. The van der Waals surface area contributed by atoms with Crippen LogP contribution in [0.5, 0.6) is 0 Å². The van der Waals surface area contributed by atoms with E-state index in [2.05, 4.69) is 45.7 Å². The fourth-order valence-corrected chi connectivity index (χ4v) is 3.14. The summed E-state index contributed by atoms with van der Waals surface area (Å²) in [4.78, 5) is 0. The van der Waals surface area contributed by atoms with Crippen molar-refractivity contribution in [2.45, 2.75) is 78.1 Å². The Kier molecular flexibility index (Phi) is 12.7. The van der Waals surface area contributed by atoms with Crippen LogP contribution in [0.15, 0.2) is 37.5 Å². The molecule has 0 amide bonds. The summed E-state index contributed by atoms with van der Waals surface area (Å²) in [6.07, 6.45) is 18.4. The zero-order valence-electron chi connectivity index (χ0n) is 14.0.